The van der Waals surface area contributed by atoms with Crippen molar-refractivity contribution in [1.29, 1.82) is 0 Å². The van der Waals surface area contributed by atoms with Crippen molar-refractivity contribution in [3.8, 4) is 0 Å². The van der Waals surface area contributed by atoms with Crippen LogP contribution in [0.5, 0.6) is 0 Å². The van der Waals surface area contributed by atoms with Crippen LogP contribution < -0.4 is 0 Å². The molecule has 0 aliphatic heterocycles. The predicted octanol–water partition coefficient (Wildman–Crippen LogP) is 7.73. The zero-order chi connectivity index (χ0) is 22.8. The number of alkyl halides is 8. The highest BCUT2D eigenvalue weighted by Gasteiger charge is 2.79. The fraction of sp³-hybridized carbons (Fsp3) is 0.273. The van der Waals surface area contributed by atoms with E-state index < -0.39 is 47.7 Å². The second-order valence-electron chi connectivity index (χ2n) is 6.85. The molecule has 8 heteroatoms. The Balaban J connectivity index is 2.27. The summed E-state index contributed by atoms with van der Waals surface area (Å²) in [6, 6.07) is 13.6. The zero-order valence-electron chi connectivity index (χ0n) is 15.6. The van der Waals surface area contributed by atoms with Crippen LogP contribution in [0.4, 0.5) is 35.1 Å². The third kappa shape index (κ3) is 4.42. The first kappa shape index (κ1) is 23.6. The third-order valence-electron chi connectivity index (χ3n) is 4.55. The molecular weight excluding hydrogens is 416 g/mol. The van der Waals surface area contributed by atoms with E-state index in [1.165, 1.54) is 60.7 Å². The van der Waals surface area contributed by atoms with Crippen LogP contribution in [0.15, 0.2) is 73.8 Å². The summed E-state index contributed by atoms with van der Waals surface area (Å²) in [6.07, 6.45) is -3.84. The van der Waals surface area contributed by atoms with Crippen molar-refractivity contribution in [2.24, 2.45) is 0 Å². The summed E-state index contributed by atoms with van der Waals surface area (Å²) >= 11 is 0. The third-order valence-corrected chi connectivity index (χ3v) is 4.55. The van der Waals surface area contributed by atoms with Crippen LogP contribution in [0.2, 0.25) is 0 Å². The van der Waals surface area contributed by atoms with Crippen molar-refractivity contribution in [1.82, 2.24) is 0 Å². The lowest BCUT2D eigenvalue weighted by Gasteiger charge is -2.37. The lowest BCUT2D eigenvalue weighted by molar-refractivity contribution is -0.363. The number of halogens is 8. The van der Waals surface area contributed by atoms with Crippen molar-refractivity contribution in [2.45, 2.75) is 36.5 Å². The van der Waals surface area contributed by atoms with Gasteiger partial charge in [0.1, 0.15) is 0 Å². The van der Waals surface area contributed by atoms with Gasteiger partial charge in [-0.3, -0.25) is 0 Å². The lowest BCUT2D eigenvalue weighted by Crippen LogP contribution is -2.62. The minimum atomic E-state index is -6.35. The number of rotatable bonds is 9. The highest BCUT2D eigenvalue weighted by molar-refractivity contribution is 5.65. The molecule has 0 nitrogen and oxygen atoms in total. The first-order chi connectivity index (χ1) is 13.7. The van der Waals surface area contributed by atoms with Gasteiger partial charge in [-0.1, -0.05) is 73.8 Å². The highest BCUT2D eigenvalue weighted by Crippen LogP contribution is 2.56. The van der Waals surface area contributed by atoms with E-state index in [1.54, 1.807) is 0 Å². The molecule has 162 valence electrons. The molecule has 2 aromatic carbocycles. The summed E-state index contributed by atoms with van der Waals surface area (Å²) < 4.78 is 113. The lowest BCUT2D eigenvalue weighted by atomic mass is 9.89. The molecule has 0 amide bonds. The normalized spacial score (nSPS) is 13.2. The average Bonchev–Trinajstić information content (AvgIpc) is 2.68. The molecule has 2 rings (SSSR count). The van der Waals surface area contributed by atoms with Crippen LogP contribution >= 0.6 is 0 Å². The molecular formula is C22H18F8. The second-order valence-corrected chi connectivity index (χ2v) is 6.85. The van der Waals surface area contributed by atoms with Crippen molar-refractivity contribution in [3.63, 3.8) is 0 Å². The van der Waals surface area contributed by atoms with Gasteiger partial charge in [-0.2, -0.15) is 35.1 Å². The first-order valence-corrected chi connectivity index (χ1v) is 8.70. The van der Waals surface area contributed by atoms with Gasteiger partial charge in [-0.25, -0.2) is 0 Å². The van der Waals surface area contributed by atoms with Crippen molar-refractivity contribution < 1.29 is 35.1 Å². The van der Waals surface area contributed by atoms with Gasteiger partial charge in [-0.05, 0) is 22.3 Å². The second kappa shape index (κ2) is 8.24. The average molecular weight is 434 g/mol. The Bertz CT molecular complexity index is 810. The molecule has 0 heterocycles. The molecule has 0 radical (unpaired) electrons. The number of hydrogen-bond donors (Lipinski definition) is 0. The maximum atomic E-state index is 14.2. The smallest absolute Gasteiger partial charge is 0.199 e. The molecule has 30 heavy (non-hydrogen) atoms. The van der Waals surface area contributed by atoms with Gasteiger partial charge < -0.3 is 0 Å². The first-order valence-electron chi connectivity index (χ1n) is 8.70. The fourth-order valence-electron chi connectivity index (χ4n) is 2.77. The summed E-state index contributed by atoms with van der Waals surface area (Å²) in [5.74, 6) is -23.7. The molecule has 0 unspecified atom stereocenters. The van der Waals surface area contributed by atoms with Crippen molar-refractivity contribution in [3.05, 3.63) is 84.9 Å². The van der Waals surface area contributed by atoms with Gasteiger partial charge in [0, 0.05) is 12.8 Å². The fourth-order valence-corrected chi connectivity index (χ4v) is 2.77. The van der Waals surface area contributed by atoms with E-state index in [0.717, 1.165) is 0 Å². The van der Waals surface area contributed by atoms with E-state index in [4.69, 9.17) is 0 Å². The van der Waals surface area contributed by atoms with E-state index in [0.29, 0.717) is 0 Å². The Labute approximate surface area is 168 Å². The largest absolute Gasteiger partial charge is 0.378 e. The summed E-state index contributed by atoms with van der Waals surface area (Å²) in [5.41, 5.74) is -1.18. The van der Waals surface area contributed by atoms with Gasteiger partial charge in [0.2, 0.25) is 0 Å². The van der Waals surface area contributed by atoms with E-state index in [-0.39, 0.29) is 11.1 Å². The topological polar surface area (TPSA) is 0 Å². The van der Waals surface area contributed by atoms with Crippen LogP contribution in [-0.2, 0) is 0 Å². The molecule has 0 bridgehead atoms. The van der Waals surface area contributed by atoms with Gasteiger partial charge in [-0.15, -0.1) is 0 Å². The van der Waals surface area contributed by atoms with Gasteiger partial charge in [0.15, 0.2) is 0 Å². The summed E-state index contributed by atoms with van der Waals surface area (Å²) in [6.45, 7) is 6.39. The van der Waals surface area contributed by atoms with Crippen molar-refractivity contribution >= 4 is 11.1 Å². The van der Waals surface area contributed by atoms with Gasteiger partial charge >= 0.3 is 23.7 Å². The van der Waals surface area contributed by atoms with Crippen molar-refractivity contribution in [2.75, 3.05) is 0 Å². The minimum Gasteiger partial charge on any atom is -0.199 e. The molecule has 0 N–H and O–H groups in total. The molecule has 0 spiro atoms. The van der Waals surface area contributed by atoms with Crippen LogP contribution in [0.3, 0.4) is 0 Å². The van der Waals surface area contributed by atoms with Gasteiger partial charge in [0.25, 0.3) is 0 Å². The Hall–Kier alpha value is -2.64. The van der Waals surface area contributed by atoms with Crippen LogP contribution in [0, 0.1) is 0 Å². The minimum absolute atomic E-state index is 0.000469. The van der Waals surface area contributed by atoms with E-state index in [1.807, 2.05) is 0 Å². The van der Waals surface area contributed by atoms with E-state index in [2.05, 4.69) is 13.2 Å². The van der Waals surface area contributed by atoms with E-state index >= 15 is 0 Å². The Morgan fingerprint density at radius 1 is 0.533 bits per heavy atom. The van der Waals surface area contributed by atoms with Crippen LogP contribution in [0.25, 0.3) is 11.1 Å². The summed E-state index contributed by atoms with van der Waals surface area (Å²) in [4.78, 5) is 0. The standard InChI is InChI=1S/C22H18F8/c1-15(17-9-5-3-6-10-17)13-19(23,24)21(27,28)22(29,30)20(25,26)14-16(2)18-11-7-4-8-12-18/h3-12H,1-2,13-14H2. The Morgan fingerprint density at radius 3 is 1.07 bits per heavy atom. The monoisotopic (exact) mass is 434 g/mol. The predicted molar refractivity (Wildman–Crippen MR) is 100.0 cm³/mol. The zero-order valence-corrected chi connectivity index (χ0v) is 15.6. The highest BCUT2D eigenvalue weighted by atomic mass is 19.4. The molecule has 0 aliphatic rings. The van der Waals surface area contributed by atoms with Crippen LogP contribution in [-0.4, -0.2) is 23.7 Å². The molecule has 0 saturated carbocycles. The maximum Gasteiger partial charge on any atom is 0.378 e. The maximum absolute atomic E-state index is 14.2. The molecule has 2 aromatic rings. The number of hydrogen-bond acceptors (Lipinski definition) is 0. The Kier molecular flexibility index (Phi) is 6.49. The Morgan fingerprint density at radius 2 is 0.800 bits per heavy atom. The molecule has 0 saturated heterocycles. The van der Waals surface area contributed by atoms with Gasteiger partial charge in [0.05, 0.1) is 0 Å². The molecule has 0 fully saturated rings. The molecule has 0 aliphatic carbocycles. The summed E-state index contributed by atoms with van der Waals surface area (Å²) in [5, 5.41) is 0. The molecule has 0 aromatic heterocycles. The SMILES string of the molecule is C=C(CC(F)(F)C(F)(F)C(F)(F)C(F)(F)CC(=C)c1ccccc1)c1ccccc1. The molecule has 0 atom stereocenters. The number of benzene rings is 2. The van der Waals surface area contributed by atoms with E-state index in [9.17, 15) is 35.1 Å². The van der Waals surface area contributed by atoms with Crippen LogP contribution in [0.1, 0.15) is 24.0 Å². The quantitative estimate of drug-likeness (QED) is 0.354. The summed E-state index contributed by atoms with van der Waals surface area (Å²) in [7, 11) is 0. The number of allylic oxidation sites excluding steroid dienone is 2.